The lowest BCUT2D eigenvalue weighted by atomic mass is 10.1. The first-order valence-corrected chi connectivity index (χ1v) is 8.11. The summed E-state index contributed by atoms with van der Waals surface area (Å²) in [5.41, 5.74) is 4.58. The minimum atomic E-state index is -0.594. The van der Waals surface area contributed by atoms with Gasteiger partial charge in [-0.1, -0.05) is 22.0 Å². The number of carbonyl (C=O) groups is 2. The molecule has 128 valence electrons. The molecule has 7 heteroatoms. The summed E-state index contributed by atoms with van der Waals surface area (Å²) in [6.45, 7) is 5.55. The summed E-state index contributed by atoms with van der Waals surface area (Å²) in [6, 6.07) is 6.98. The summed E-state index contributed by atoms with van der Waals surface area (Å²) in [6.07, 6.45) is -0.0185. The third-order valence-corrected chi connectivity index (χ3v) is 3.20. The van der Waals surface area contributed by atoms with Crippen molar-refractivity contribution in [1.82, 2.24) is 5.32 Å². The quantitative estimate of drug-likeness (QED) is 0.753. The van der Waals surface area contributed by atoms with Crippen molar-refractivity contribution in [2.24, 2.45) is 5.73 Å². The van der Waals surface area contributed by atoms with Gasteiger partial charge >= 0.3 is 6.09 Å². The Balaban J connectivity index is 2.60. The van der Waals surface area contributed by atoms with Gasteiger partial charge in [0.05, 0.1) is 6.04 Å². The van der Waals surface area contributed by atoms with E-state index in [9.17, 15) is 9.59 Å². The number of amides is 2. The van der Waals surface area contributed by atoms with Gasteiger partial charge in [-0.15, -0.1) is 0 Å². The average Bonchev–Trinajstić information content (AvgIpc) is 2.39. The number of carbonyl (C=O) groups excluding carboxylic acids is 2. The van der Waals surface area contributed by atoms with E-state index in [4.69, 9.17) is 15.2 Å². The Labute approximate surface area is 144 Å². The van der Waals surface area contributed by atoms with Crippen LogP contribution in [-0.4, -0.2) is 30.3 Å². The van der Waals surface area contributed by atoms with E-state index in [1.807, 2.05) is 24.3 Å². The number of nitrogens with one attached hydrogen (secondary N) is 1. The molecule has 0 spiro atoms. The molecular formula is C16H23BrN2O4. The first-order chi connectivity index (χ1) is 10.7. The fraction of sp³-hybridized carbons (Fsp3) is 0.500. The molecule has 3 N–H and O–H groups in total. The van der Waals surface area contributed by atoms with Gasteiger partial charge in [0, 0.05) is 10.9 Å². The Bertz CT molecular complexity index is 543. The lowest BCUT2D eigenvalue weighted by Gasteiger charge is -2.23. The van der Waals surface area contributed by atoms with Gasteiger partial charge in [-0.2, -0.15) is 0 Å². The fourth-order valence-corrected chi connectivity index (χ4v) is 2.12. The highest BCUT2D eigenvalue weighted by atomic mass is 79.9. The molecule has 1 aromatic carbocycles. The van der Waals surface area contributed by atoms with Crippen molar-refractivity contribution in [3.05, 3.63) is 28.7 Å². The minimum absolute atomic E-state index is 0.155. The van der Waals surface area contributed by atoms with Gasteiger partial charge in [0.1, 0.15) is 18.0 Å². The van der Waals surface area contributed by atoms with E-state index in [-0.39, 0.29) is 19.1 Å². The predicted molar refractivity (Wildman–Crippen MR) is 91.2 cm³/mol. The number of rotatable bonds is 7. The molecule has 1 atom stereocenters. The third kappa shape index (κ3) is 9.07. The van der Waals surface area contributed by atoms with E-state index in [2.05, 4.69) is 21.2 Å². The van der Waals surface area contributed by atoms with Crippen molar-refractivity contribution in [3.63, 3.8) is 0 Å². The standard InChI is InChI=1S/C16H23BrN2O4/c1-16(2,3)23-15(21)19-12(7-8-14(18)20)10-22-13-6-4-5-11(17)9-13/h4-6,9,12H,7-8,10H2,1-3H3,(H2,18,20)(H,19,21)/t12-/m0/s1. The maximum absolute atomic E-state index is 11.9. The van der Waals surface area contributed by atoms with Crippen LogP contribution in [0.2, 0.25) is 0 Å². The Morgan fingerprint density at radius 2 is 2.04 bits per heavy atom. The second-order valence-corrected chi connectivity index (χ2v) is 7.03. The first-order valence-electron chi connectivity index (χ1n) is 7.32. The van der Waals surface area contributed by atoms with Crippen LogP contribution in [0.5, 0.6) is 5.75 Å². The summed E-state index contributed by atoms with van der Waals surface area (Å²) >= 11 is 3.36. The summed E-state index contributed by atoms with van der Waals surface area (Å²) in [4.78, 5) is 22.8. The Morgan fingerprint density at radius 1 is 1.35 bits per heavy atom. The lowest BCUT2D eigenvalue weighted by Crippen LogP contribution is -2.42. The molecule has 0 unspecified atom stereocenters. The molecule has 0 fully saturated rings. The van der Waals surface area contributed by atoms with Crippen LogP contribution in [0.1, 0.15) is 33.6 Å². The summed E-state index contributed by atoms with van der Waals surface area (Å²) in [5.74, 6) is 0.234. The second kappa shape index (κ2) is 8.76. The predicted octanol–water partition coefficient (Wildman–Crippen LogP) is 2.99. The Morgan fingerprint density at radius 3 is 2.61 bits per heavy atom. The molecule has 1 aromatic rings. The van der Waals surface area contributed by atoms with Crippen LogP contribution in [0.4, 0.5) is 4.79 Å². The van der Waals surface area contributed by atoms with Crippen LogP contribution >= 0.6 is 15.9 Å². The molecule has 0 aliphatic rings. The van der Waals surface area contributed by atoms with Crippen molar-refractivity contribution in [1.29, 1.82) is 0 Å². The number of nitrogens with two attached hydrogens (primary N) is 1. The molecule has 0 heterocycles. The smallest absolute Gasteiger partial charge is 0.407 e. The monoisotopic (exact) mass is 386 g/mol. The highest BCUT2D eigenvalue weighted by Crippen LogP contribution is 2.18. The number of benzene rings is 1. The maximum atomic E-state index is 11.9. The van der Waals surface area contributed by atoms with E-state index < -0.39 is 17.6 Å². The first kappa shape index (κ1) is 19.3. The van der Waals surface area contributed by atoms with E-state index in [1.165, 1.54) is 0 Å². The van der Waals surface area contributed by atoms with Gasteiger partial charge in [0.25, 0.3) is 0 Å². The molecule has 0 saturated heterocycles. The number of primary amides is 1. The van der Waals surface area contributed by atoms with Crippen molar-refractivity contribution in [2.45, 2.75) is 45.3 Å². The van der Waals surface area contributed by atoms with Crippen molar-refractivity contribution >= 4 is 27.9 Å². The van der Waals surface area contributed by atoms with E-state index in [0.717, 1.165) is 4.47 Å². The zero-order valence-electron chi connectivity index (χ0n) is 13.6. The molecule has 1 rings (SSSR count). The van der Waals surface area contributed by atoms with Gasteiger partial charge < -0.3 is 20.5 Å². The zero-order chi connectivity index (χ0) is 17.5. The largest absolute Gasteiger partial charge is 0.491 e. The van der Waals surface area contributed by atoms with Crippen LogP contribution < -0.4 is 15.8 Å². The Kier molecular flexibility index (Phi) is 7.35. The van der Waals surface area contributed by atoms with Crippen molar-refractivity contribution in [2.75, 3.05) is 6.61 Å². The van der Waals surface area contributed by atoms with E-state index in [1.54, 1.807) is 20.8 Å². The average molecular weight is 387 g/mol. The number of hydrogen-bond donors (Lipinski definition) is 2. The molecule has 0 bridgehead atoms. The minimum Gasteiger partial charge on any atom is -0.491 e. The van der Waals surface area contributed by atoms with Gasteiger partial charge in [0.2, 0.25) is 5.91 Å². The maximum Gasteiger partial charge on any atom is 0.407 e. The van der Waals surface area contributed by atoms with E-state index in [0.29, 0.717) is 12.2 Å². The third-order valence-electron chi connectivity index (χ3n) is 2.71. The van der Waals surface area contributed by atoms with Gasteiger partial charge in [-0.25, -0.2) is 4.79 Å². The fourth-order valence-electron chi connectivity index (χ4n) is 1.74. The molecular weight excluding hydrogens is 364 g/mol. The van der Waals surface area contributed by atoms with Crippen LogP contribution in [0.15, 0.2) is 28.7 Å². The molecule has 2 amide bonds. The van der Waals surface area contributed by atoms with Crippen LogP contribution in [0, 0.1) is 0 Å². The molecule has 0 aliphatic carbocycles. The molecule has 0 saturated carbocycles. The van der Waals surface area contributed by atoms with Gasteiger partial charge in [-0.3, -0.25) is 4.79 Å². The molecule has 6 nitrogen and oxygen atoms in total. The highest BCUT2D eigenvalue weighted by Gasteiger charge is 2.20. The summed E-state index contributed by atoms with van der Waals surface area (Å²) < 4.78 is 11.8. The number of ether oxygens (including phenoxy) is 2. The number of alkyl carbamates (subject to hydrolysis) is 1. The summed E-state index contributed by atoms with van der Waals surface area (Å²) in [5, 5.41) is 2.71. The lowest BCUT2D eigenvalue weighted by molar-refractivity contribution is -0.118. The summed E-state index contributed by atoms with van der Waals surface area (Å²) in [7, 11) is 0. The molecule has 0 radical (unpaired) electrons. The zero-order valence-corrected chi connectivity index (χ0v) is 15.2. The molecule has 0 aromatic heterocycles. The van der Waals surface area contributed by atoms with Crippen molar-refractivity contribution < 1.29 is 19.1 Å². The van der Waals surface area contributed by atoms with Crippen LogP contribution in [-0.2, 0) is 9.53 Å². The van der Waals surface area contributed by atoms with Crippen LogP contribution in [0.25, 0.3) is 0 Å². The molecule has 0 aliphatic heterocycles. The highest BCUT2D eigenvalue weighted by molar-refractivity contribution is 9.10. The normalized spacial score (nSPS) is 12.3. The number of hydrogen-bond acceptors (Lipinski definition) is 4. The topological polar surface area (TPSA) is 90.6 Å². The molecule has 23 heavy (non-hydrogen) atoms. The van der Waals surface area contributed by atoms with E-state index >= 15 is 0 Å². The van der Waals surface area contributed by atoms with Gasteiger partial charge in [0.15, 0.2) is 0 Å². The number of halogens is 1. The SMILES string of the molecule is CC(C)(C)OC(=O)N[C@@H](CCC(N)=O)COc1cccc(Br)c1. The Hall–Kier alpha value is -1.76. The second-order valence-electron chi connectivity index (χ2n) is 6.12. The van der Waals surface area contributed by atoms with Gasteiger partial charge in [-0.05, 0) is 45.4 Å². The van der Waals surface area contributed by atoms with Crippen molar-refractivity contribution in [3.8, 4) is 5.75 Å². The van der Waals surface area contributed by atoms with Crippen LogP contribution in [0.3, 0.4) is 0 Å².